The van der Waals surface area contributed by atoms with Crippen molar-refractivity contribution in [3.05, 3.63) is 35.4 Å². The lowest BCUT2D eigenvalue weighted by Gasteiger charge is -2.32. The van der Waals surface area contributed by atoms with Gasteiger partial charge in [-0.2, -0.15) is 0 Å². The quantitative estimate of drug-likeness (QED) is 0.829. The van der Waals surface area contributed by atoms with Gasteiger partial charge in [0, 0.05) is 18.2 Å². The van der Waals surface area contributed by atoms with Gasteiger partial charge in [0.2, 0.25) is 0 Å². The summed E-state index contributed by atoms with van der Waals surface area (Å²) in [5, 5.41) is 0. The molecule has 0 spiro atoms. The Kier molecular flexibility index (Phi) is 5.11. The van der Waals surface area contributed by atoms with Crippen LogP contribution in [0.3, 0.4) is 0 Å². The van der Waals surface area contributed by atoms with Crippen LogP contribution in [0.4, 0.5) is 8.78 Å². The van der Waals surface area contributed by atoms with E-state index in [-0.39, 0.29) is 18.2 Å². The molecule has 1 aromatic rings. The van der Waals surface area contributed by atoms with E-state index in [2.05, 4.69) is 18.7 Å². The minimum Gasteiger partial charge on any atom is -0.329 e. The smallest absolute Gasteiger partial charge is 0.130 e. The summed E-state index contributed by atoms with van der Waals surface area (Å²) in [6, 6.07) is 4.10. The van der Waals surface area contributed by atoms with Crippen LogP contribution in [0.5, 0.6) is 0 Å². The third-order valence-electron chi connectivity index (χ3n) is 3.94. The molecule has 1 aliphatic rings. The van der Waals surface area contributed by atoms with Gasteiger partial charge in [0.25, 0.3) is 0 Å². The molecule has 2 N–H and O–H groups in total. The summed E-state index contributed by atoms with van der Waals surface area (Å²) in [6.07, 6.45) is 3.22. The highest BCUT2D eigenvalue weighted by Crippen LogP contribution is 2.36. The van der Waals surface area contributed by atoms with Crippen molar-refractivity contribution in [2.45, 2.75) is 45.2 Å². The lowest BCUT2D eigenvalue weighted by Crippen LogP contribution is -2.37. The van der Waals surface area contributed by atoms with E-state index in [0.717, 1.165) is 25.8 Å². The van der Waals surface area contributed by atoms with Gasteiger partial charge in [0.05, 0.1) is 6.04 Å². The molecule has 1 aromatic carbocycles. The van der Waals surface area contributed by atoms with Gasteiger partial charge in [-0.25, -0.2) is 8.78 Å². The van der Waals surface area contributed by atoms with E-state index >= 15 is 0 Å². The van der Waals surface area contributed by atoms with E-state index in [1.165, 1.54) is 18.2 Å². The number of rotatable bonds is 7. The molecule has 1 aliphatic carbocycles. The van der Waals surface area contributed by atoms with E-state index in [1.807, 2.05) is 0 Å². The lowest BCUT2D eigenvalue weighted by atomic mass is 10.0. The topological polar surface area (TPSA) is 29.3 Å². The van der Waals surface area contributed by atoms with Crippen LogP contribution in [0, 0.1) is 17.6 Å². The Hall–Kier alpha value is -1.00. The molecule has 0 aliphatic heterocycles. The first-order valence-electron chi connectivity index (χ1n) is 7.44. The first kappa shape index (κ1) is 15.4. The van der Waals surface area contributed by atoms with Crippen LogP contribution >= 0.6 is 0 Å². The van der Waals surface area contributed by atoms with Gasteiger partial charge in [-0.3, -0.25) is 4.90 Å². The molecular formula is C16H24F2N2. The molecule has 1 atom stereocenters. The first-order valence-corrected chi connectivity index (χ1v) is 7.44. The molecule has 2 nitrogen and oxygen atoms in total. The lowest BCUT2D eigenvalue weighted by molar-refractivity contribution is 0.174. The fourth-order valence-electron chi connectivity index (χ4n) is 2.65. The van der Waals surface area contributed by atoms with E-state index in [9.17, 15) is 8.78 Å². The number of nitrogens with two attached hydrogens (primary N) is 1. The molecule has 0 heterocycles. The molecule has 0 radical (unpaired) electrons. The van der Waals surface area contributed by atoms with Gasteiger partial charge < -0.3 is 5.73 Å². The molecule has 1 saturated carbocycles. The fraction of sp³-hybridized carbons (Fsp3) is 0.625. The zero-order valence-corrected chi connectivity index (χ0v) is 12.3. The van der Waals surface area contributed by atoms with Crippen LogP contribution < -0.4 is 5.73 Å². The molecule has 1 fully saturated rings. The number of hydrogen-bond acceptors (Lipinski definition) is 2. The Labute approximate surface area is 120 Å². The van der Waals surface area contributed by atoms with Crippen molar-refractivity contribution < 1.29 is 8.78 Å². The average molecular weight is 282 g/mol. The van der Waals surface area contributed by atoms with Crippen molar-refractivity contribution in [1.82, 2.24) is 4.90 Å². The SMILES string of the molecule is CC(C)CCN(C1CC1)C(CN)c1c(F)cccc1F. The Morgan fingerprint density at radius 2 is 1.85 bits per heavy atom. The summed E-state index contributed by atoms with van der Waals surface area (Å²) >= 11 is 0. The minimum absolute atomic E-state index is 0.130. The molecule has 20 heavy (non-hydrogen) atoms. The zero-order valence-electron chi connectivity index (χ0n) is 12.3. The second-order valence-electron chi connectivity index (χ2n) is 6.04. The molecule has 0 amide bonds. The Balaban J connectivity index is 2.23. The highest BCUT2D eigenvalue weighted by Gasteiger charge is 2.35. The van der Waals surface area contributed by atoms with Crippen molar-refractivity contribution in [2.24, 2.45) is 11.7 Å². The normalized spacial score (nSPS) is 16.9. The summed E-state index contributed by atoms with van der Waals surface area (Å²) in [5.74, 6) is -0.411. The predicted octanol–water partition coefficient (Wildman–Crippen LogP) is 3.48. The van der Waals surface area contributed by atoms with Crippen molar-refractivity contribution >= 4 is 0 Å². The maximum absolute atomic E-state index is 14.0. The predicted molar refractivity (Wildman–Crippen MR) is 77.3 cm³/mol. The van der Waals surface area contributed by atoms with E-state index in [1.54, 1.807) is 0 Å². The summed E-state index contributed by atoms with van der Waals surface area (Å²) in [5.41, 5.74) is 5.97. The standard InChI is InChI=1S/C16H24F2N2/c1-11(2)8-9-20(12-6-7-12)15(10-19)16-13(17)4-3-5-14(16)18/h3-5,11-12,15H,6-10,19H2,1-2H3. The highest BCUT2D eigenvalue weighted by atomic mass is 19.1. The number of halogens is 2. The van der Waals surface area contributed by atoms with Crippen LogP contribution in [0.25, 0.3) is 0 Å². The van der Waals surface area contributed by atoms with Gasteiger partial charge >= 0.3 is 0 Å². The largest absolute Gasteiger partial charge is 0.329 e. The van der Waals surface area contributed by atoms with Gasteiger partial charge in [-0.05, 0) is 43.9 Å². The van der Waals surface area contributed by atoms with Gasteiger partial charge in [-0.15, -0.1) is 0 Å². The number of hydrogen-bond donors (Lipinski definition) is 1. The van der Waals surface area contributed by atoms with Gasteiger partial charge in [0.1, 0.15) is 11.6 Å². The average Bonchev–Trinajstić information content (AvgIpc) is 3.20. The molecule has 0 bridgehead atoms. The van der Waals surface area contributed by atoms with E-state index in [0.29, 0.717) is 12.0 Å². The molecule has 112 valence electrons. The van der Waals surface area contributed by atoms with Crippen molar-refractivity contribution in [2.75, 3.05) is 13.1 Å². The maximum atomic E-state index is 14.0. The van der Waals surface area contributed by atoms with Crippen molar-refractivity contribution in [3.63, 3.8) is 0 Å². The monoisotopic (exact) mass is 282 g/mol. The van der Waals surface area contributed by atoms with Gasteiger partial charge in [0.15, 0.2) is 0 Å². The van der Waals surface area contributed by atoms with E-state index in [4.69, 9.17) is 5.73 Å². The molecule has 0 aromatic heterocycles. The van der Waals surface area contributed by atoms with Crippen molar-refractivity contribution in [1.29, 1.82) is 0 Å². The summed E-state index contributed by atoms with van der Waals surface area (Å²) in [4.78, 5) is 2.20. The first-order chi connectivity index (χ1) is 9.54. The van der Waals surface area contributed by atoms with Gasteiger partial charge in [-0.1, -0.05) is 19.9 Å². The van der Waals surface area contributed by atoms with Crippen LogP contribution in [0.15, 0.2) is 18.2 Å². The number of nitrogens with zero attached hydrogens (tertiary/aromatic N) is 1. The third-order valence-corrected chi connectivity index (χ3v) is 3.94. The fourth-order valence-corrected chi connectivity index (χ4v) is 2.65. The second kappa shape index (κ2) is 6.64. The van der Waals surface area contributed by atoms with Crippen LogP contribution in [0.2, 0.25) is 0 Å². The van der Waals surface area contributed by atoms with E-state index < -0.39 is 11.6 Å². The Bertz CT molecular complexity index is 424. The van der Waals surface area contributed by atoms with Crippen LogP contribution in [-0.4, -0.2) is 24.0 Å². The second-order valence-corrected chi connectivity index (χ2v) is 6.04. The summed E-state index contributed by atoms with van der Waals surface area (Å²) in [6.45, 7) is 5.41. The Morgan fingerprint density at radius 3 is 2.30 bits per heavy atom. The maximum Gasteiger partial charge on any atom is 0.130 e. The Morgan fingerprint density at radius 1 is 1.25 bits per heavy atom. The molecule has 0 saturated heterocycles. The third kappa shape index (κ3) is 3.55. The molecule has 1 unspecified atom stereocenters. The zero-order chi connectivity index (χ0) is 14.7. The molecular weight excluding hydrogens is 258 g/mol. The number of benzene rings is 1. The van der Waals surface area contributed by atoms with Crippen molar-refractivity contribution in [3.8, 4) is 0 Å². The molecule has 4 heteroatoms. The molecule has 2 rings (SSSR count). The summed E-state index contributed by atoms with van der Waals surface area (Å²) < 4.78 is 28.0. The minimum atomic E-state index is -0.490. The summed E-state index contributed by atoms with van der Waals surface area (Å²) in [7, 11) is 0. The van der Waals surface area contributed by atoms with Crippen LogP contribution in [0.1, 0.15) is 44.7 Å². The highest BCUT2D eigenvalue weighted by molar-refractivity contribution is 5.24. The van der Waals surface area contributed by atoms with Crippen LogP contribution in [-0.2, 0) is 0 Å².